The number of sulfonamides is 1. The molecule has 0 radical (unpaired) electrons. The zero-order chi connectivity index (χ0) is 14.0. The van der Waals surface area contributed by atoms with Crippen LogP contribution in [0.15, 0.2) is 30.3 Å². The second-order valence-electron chi connectivity index (χ2n) is 5.82. The molecule has 0 unspecified atom stereocenters. The molecular weight excluding hydrogens is 272 g/mol. The summed E-state index contributed by atoms with van der Waals surface area (Å²) in [5, 5.41) is 3.31. The van der Waals surface area contributed by atoms with E-state index in [1.807, 2.05) is 30.3 Å². The molecule has 110 valence electrons. The first kappa shape index (κ1) is 14.0. The molecule has 1 N–H and O–H groups in total. The Morgan fingerprint density at radius 3 is 2.60 bits per heavy atom. The summed E-state index contributed by atoms with van der Waals surface area (Å²) >= 11 is 0. The van der Waals surface area contributed by atoms with Crippen LogP contribution in [-0.4, -0.2) is 38.1 Å². The van der Waals surface area contributed by atoms with Crippen LogP contribution in [0.5, 0.6) is 0 Å². The minimum Gasteiger partial charge on any atom is -0.313 e. The molecule has 1 aromatic rings. The summed E-state index contributed by atoms with van der Waals surface area (Å²) in [5.41, 5.74) is 1.08. The number of rotatable bonds is 4. The number of hydrogen-bond acceptors (Lipinski definition) is 3. The first-order valence-corrected chi connectivity index (χ1v) is 9.03. The Bertz CT molecular complexity index is 540. The molecule has 0 aromatic heterocycles. The van der Waals surface area contributed by atoms with Crippen molar-refractivity contribution in [3.8, 4) is 0 Å². The SMILES string of the molecule is O=S(=O)(CC1CCC1)N1CCNC[C@H]1c1ccccc1. The first-order chi connectivity index (χ1) is 9.67. The van der Waals surface area contributed by atoms with E-state index in [1.165, 1.54) is 6.42 Å². The van der Waals surface area contributed by atoms with E-state index >= 15 is 0 Å². The topological polar surface area (TPSA) is 49.4 Å². The lowest BCUT2D eigenvalue weighted by molar-refractivity contribution is 0.264. The Morgan fingerprint density at radius 1 is 1.20 bits per heavy atom. The Morgan fingerprint density at radius 2 is 1.95 bits per heavy atom. The van der Waals surface area contributed by atoms with Crippen LogP contribution in [0.3, 0.4) is 0 Å². The van der Waals surface area contributed by atoms with E-state index in [2.05, 4.69) is 5.32 Å². The fourth-order valence-corrected chi connectivity index (χ4v) is 5.10. The minimum atomic E-state index is -3.15. The zero-order valence-corrected chi connectivity index (χ0v) is 12.5. The van der Waals surface area contributed by atoms with E-state index in [0.29, 0.717) is 24.8 Å². The number of benzene rings is 1. The summed E-state index contributed by atoms with van der Waals surface area (Å²) in [6, 6.07) is 9.89. The fourth-order valence-electron chi connectivity index (χ4n) is 3.03. The van der Waals surface area contributed by atoms with Crippen LogP contribution in [0.1, 0.15) is 30.9 Å². The predicted octanol–water partition coefficient (Wildman–Crippen LogP) is 1.76. The standard InChI is InChI=1S/C15H22N2O2S/c18-20(19,12-13-5-4-6-13)17-10-9-16-11-15(17)14-7-2-1-3-8-14/h1-3,7-8,13,15-16H,4-6,9-12H2/t15-/m0/s1. The molecule has 2 aliphatic rings. The van der Waals surface area contributed by atoms with Crippen LogP contribution in [0.25, 0.3) is 0 Å². The summed E-state index contributed by atoms with van der Waals surface area (Å²) in [5.74, 6) is 0.711. The van der Waals surface area contributed by atoms with Gasteiger partial charge in [-0.25, -0.2) is 8.42 Å². The lowest BCUT2D eigenvalue weighted by Gasteiger charge is -2.37. The number of nitrogens with one attached hydrogen (secondary N) is 1. The van der Waals surface area contributed by atoms with E-state index < -0.39 is 10.0 Å². The van der Waals surface area contributed by atoms with Crippen LogP contribution in [-0.2, 0) is 10.0 Å². The van der Waals surface area contributed by atoms with Gasteiger partial charge in [-0.2, -0.15) is 4.31 Å². The van der Waals surface area contributed by atoms with Gasteiger partial charge >= 0.3 is 0 Å². The van der Waals surface area contributed by atoms with Gasteiger partial charge in [0.05, 0.1) is 11.8 Å². The molecule has 1 aliphatic carbocycles. The fraction of sp³-hybridized carbons (Fsp3) is 0.600. The molecule has 0 amide bonds. The van der Waals surface area contributed by atoms with Gasteiger partial charge in [-0.1, -0.05) is 36.8 Å². The second kappa shape index (κ2) is 5.84. The Labute approximate surface area is 121 Å². The van der Waals surface area contributed by atoms with Gasteiger partial charge < -0.3 is 5.32 Å². The Hall–Kier alpha value is -0.910. The van der Waals surface area contributed by atoms with Gasteiger partial charge in [-0.3, -0.25) is 0 Å². The number of piperazine rings is 1. The molecule has 1 saturated heterocycles. The summed E-state index contributed by atoms with van der Waals surface area (Å²) in [6.07, 6.45) is 3.33. The molecule has 20 heavy (non-hydrogen) atoms. The average molecular weight is 294 g/mol. The van der Waals surface area contributed by atoms with Crippen LogP contribution < -0.4 is 5.32 Å². The van der Waals surface area contributed by atoms with Crippen molar-refractivity contribution in [1.29, 1.82) is 0 Å². The highest BCUT2D eigenvalue weighted by Gasteiger charge is 2.35. The predicted molar refractivity (Wildman–Crippen MR) is 79.9 cm³/mol. The molecule has 1 aliphatic heterocycles. The van der Waals surface area contributed by atoms with Gasteiger partial charge in [0.25, 0.3) is 0 Å². The van der Waals surface area contributed by atoms with Gasteiger partial charge in [0, 0.05) is 19.6 Å². The molecular formula is C15H22N2O2S. The summed E-state index contributed by atoms with van der Waals surface area (Å²) in [4.78, 5) is 0. The third-order valence-electron chi connectivity index (χ3n) is 4.41. The van der Waals surface area contributed by atoms with Crippen molar-refractivity contribution in [2.24, 2.45) is 5.92 Å². The van der Waals surface area contributed by atoms with Gasteiger partial charge in [-0.15, -0.1) is 0 Å². The van der Waals surface area contributed by atoms with Crippen molar-refractivity contribution in [2.45, 2.75) is 25.3 Å². The van der Waals surface area contributed by atoms with Gasteiger partial charge in [0.15, 0.2) is 0 Å². The van der Waals surface area contributed by atoms with Crippen LogP contribution >= 0.6 is 0 Å². The van der Waals surface area contributed by atoms with Crippen molar-refractivity contribution in [3.63, 3.8) is 0 Å². The molecule has 1 atom stereocenters. The molecule has 1 saturated carbocycles. The summed E-state index contributed by atoms with van der Waals surface area (Å²) in [6.45, 7) is 2.02. The molecule has 1 heterocycles. The maximum absolute atomic E-state index is 12.7. The summed E-state index contributed by atoms with van der Waals surface area (Å²) < 4.78 is 27.1. The quantitative estimate of drug-likeness (QED) is 0.920. The lowest BCUT2D eigenvalue weighted by Crippen LogP contribution is -2.50. The number of nitrogens with zero attached hydrogens (tertiary/aromatic N) is 1. The molecule has 1 aromatic carbocycles. The van der Waals surface area contributed by atoms with Crippen molar-refractivity contribution in [2.75, 3.05) is 25.4 Å². The van der Waals surface area contributed by atoms with Gasteiger partial charge in [0.1, 0.15) is 0 Å². The molecule has 2 fully saturated rings. The van der Waals surface area contributed by atoms with Crippen LogP contribution in [0.4, 0.5) is 0 Å². The Kier molecular flexibility index (Phi) is 4.10. The number of hydrogen-bond donors (Lipinski definition) is 1. The van der Waals surface area contributed by atoms with Gasteiger partial charge in [-0.05, 0) is 24.3 Å². The van der Waals surface area contributed by atoms with E-state index in [4.69, 9.17) is 0 Å². The smallest absolute Gasteiger partial charge is 0.215 e. The highest BCUT2D eigenvalue weighted by Crippen LogP contribution is 2.31. The van der Waals surface area contributed by atoms with E-state index in [0.717, 1.165) is 24.9 Å². The maximum Gasteiger partial charge on any atom is 0.215 e. The average Bonchev–Trinajstić information content (AvgIpc) is 2.44. The van der Waals surface area contributed by atoms with E-state index in [9.17, 15) is 8.42 Å². The van der Waals surface area contributed by atoms with Crippen molar-refractivity contribution < 1.29 is 8.42 Å². The van der Waals surface area contributed by atoms with Crippen LogP contribution in [0.2, 0.25) is 0 Å². The van der Waals surface area contributed by atoms with Crippen molar-refractivity contribution >= 4 is 10.0 Å². The lowest BCUT2D eigenvalue weighted by atomic mass is 9.87. The second-order valence-corrected chi connectivity index (χ2v) is 7.78. The summed E-state index contributed by atoms with van der Waals surface area (Å²) in [7, 11) is -3.15. The maximum atomic E-state index is 12.7. The third kappa shape index (κ3) is 2.90. The van der Waals surface area contributed by atoms with Gasteiger partial charge in [0.2, 0.25) is 10.0 Å². The largest absolute Gasteiger partial charge is 0.313 e. The van der Waals surface area contributed by atoms with Crippen LogP contribution in [0, 0.1) is 5.92 Å². The molecule has 3 rings (SSSR count). The minimum absolute atomic E-state index is 0.0602. The van der Waals surface area contributed by atoms with Crippen molar-refractivity contribution in [3.05, 3.63) is 35.9 Å². The van der Waals surface area contributed by atoms with E-state index in [-0.39, 0.29) is 6.04 Å². The molecule has 0 bridgehead atoms. The molecule has 5 heteroatoms. The van der Waals surface area contributed by atoms with E-state index in [1.54, 1.807) is 4.31 Å². The molecule has 4 nitrogen and oxygen atoms in total. The monoisotopic (exact) mass is 294 g/mol. The Balaban J connectivity index is 1.81. The normalized spacial score (nSPS) is 25.3. The third-order valence-corrected chi connectivity index (χ3v) is 6.45. The van der Waals surface area contributed by atoms with Crippen molar-refractivity contribution in [1.82, 2.24) is 9.62 Å². The highest BCUT2D eigenvalue weighted by molar-refractivity contribution is 7.89. The molecule has 0 spiro atoms. The highest BCUT2D eigenvalue weighted by atomic mass is 32.2. The zero-order valence-electron chi connectivity index (χ0n) is 11.7. The first-order valence-electron chi connectivity index (χ1n) is 7.42.